The third-order valence-corrected chi connectivity index (χ3v) is 6.41. The van der Waals surface area contributed by atoms with E-state index in [0.29, 0.717) is 0 Å². The monoisotopic (exact) mass is 502 g/mol. The highest BCUT2D eigenvalue weighted by molar-refractivity contribution is 7.60. The van der Waals surface area contributed by atoms with Gasteiger partial charge in [-0.05, 0) is 0 Å². The van der Waals surface area contributed by atoms with Crippen LogP contribution in [0.25, 0.3) is 11.2 Å². The molecule has 1 aliphatic rings. The lowest BCUT2D eigenvalue weighted by Gasteiger charge is -2.19. The van der Waals surface area contributed by atoms with Crippen molar-refractivity contribution in [1.82, 2.24) is 14.5 Å². The molecule has 5 atom stereocenters. The van der Waals surface area contributed by atoms with Crippen LogP contribution in [0.5, 0.6) is 0 Å². The number of imidazole rings is 1. The highest BCUT2D eigenvalue weighted by Gasteiger charge is 2.49. The van der Waals surface area contributed by atoms with Crippen LogP contribution in [0.15, 0.2) is 11.1 Å². The molecule has 0 aliphatic carbocycles. The molecule has 32 heavy (non-hydrogen) atoms. The smallest absolute Gasteiger partial charge is 0.384 e. The molecule has 0 aromatic carbocycles. The van der Waals surface area contributed by atoms with Crippen LogP contribution in [-0.4, -0.2) is 66.4 Å². The number of nitrogens with zero attached hydrogens (tertiary/aromatic N) is 3. The number of nitrogen functional groups attached to an aromatic ring is 1. The maximum atomic E-state index is 12.1. The van der Waals surface area contributed by atoms with E-state index in [1.807, 2.05) is 13.8 Å². The first kappa shape index (κ1) is 26.5. The number of aliphatic hydroxyl groups is 1. The number of nitrogens with one attached hydrogen (secondary N) is 1. The number of hydrogen-bond donors (Lipinski definition) is 6. The summed E-state index contributed by atoms with van der Waals surface area (Å²) < 4.78 is 44.3. The van der Waals surface area contributed by atoms with Crippen LogP contribution in [0.2, 0.25) is 0 Å². The lowest BCUT2D eigenvalue weighted by Crippen LogP contribution is -2.46. The molecule has 3 rings (SSSR count). The van der Waals surface area contributed by atoms with E-state index >= 15 is 0 Å². The topological polar surface area (TPSA) is 233 Å². The highest BCUT2D eigenvalue weighted by atomic mass is 31.3. The minimum absolute atomic E-state index is 0.0943. The van der Waals surface area contributed by atoms with Gasteiger partial charge in [-0.25, -0.2) is 13.7 Å². The zero-order valence-electron chi connectivity index (χ0n) is 17.6. The molecule has 1 saturated heterocycles. The second-order valence-corrected chi connectivity index (χ2v) is 9.18. The predicted molar refractivity (Wildman–Crippen MR) is 107 cm³/mol. The van der Waals surface area contributed by atoms with Crippen molar-refractivity contribution in [3.8, 4) is 0 Å². The molecule has 1 aliphatic heterocycles. The largest absolute Gasteiger partial charge is 0.481 e. The third kappa shape index (κ3) is 5.80. The van der Waals surface area contributed by atoms with Crippen LogP contribution in [-0.2, 0) is 34.5 Å². The van der Waals surface area contributed by atoms with Crippen molar-refractivity contribution < 1.29 is 51.8 Å². The molecule has 2 aromatic rings. The second kappa shape index (κ2) is 10.1. The number of anilines is 1. The quantitative estimate of drug-likeness (QED) is 0.190. The van der Waals surface area contributed by atoms with E-state index in [9.17, 15) is 23.9 Å². The normalized spacial score (nSPS) is 25.4. The molecule has 7 N–H and O–H groups in total. The van der Waals surface area contributed by atoms with Gasteiger partial charge in [-0.15, -0.1) is 0 Å². The summed E-state index contributed by atoms with van der Waals surface area (Å²) in [5, 5.41) is 10.6. The molecule has 182 valence electrons. The van der Waals surface area contributed by atoms with Crippen molar-refractivity contribution in [1.29, 1.82) is 0 Å². The van der Waals surface area contributed by atoms with Crippen LogP contribution in [0.1, 0.15) is 20.1 Å². The Morgan fingerprint density at radius 1 is 1.34 bits per heavy atom. The maximum Gasteiger partial charge on any atom is 0.481 e. The summed E-state index contributed by atoms with van der Waals surface area (Å²) in [6.07, 6.45) is -3.32. The number of aromatic amines is 1. The molecule has 0 saturated carbocycles. The number of aromatic nitrogens is 4. The summed E-state index contributed by atoms with van der Waals surface area (Å²) in [6, 6.07) is 0. The summed E-state index contributed by atoms with van der Waals surface area (Å²) in [5.41, 5.74) is 5.30. The molecule has 0 bridgehead atoms. The first-order chi connectivity index (χ1) is 14.8. The van der Waals surface area contributed by atoms with Gasteiger partial charge in [0.15, 0.2) is 6.33 Å². The number of hydrogen-bond acceptors (Lipinski definition) is 10. The fourth-order valence-electron chi connectivity index (χ4n) is 3.16. The Balaban J connectivity index is 0.00000176. The number of phosphoric ester groups is 1. The van der Waals surface area contributed by atoms with Gasteiger partial charge in [0.2, 0.25) is 11.7 Å². The summed E-state index contributed by atoms with van der Waals surface area (Å²) in [7, 11) is -7.62. The van der Waals surface area contributed by atoms with Crippen molar-refractivity contribution in [3.05, 3.63) is 16.7 Å². The van der Waals surface area contributed by atoms with Crippen LogP contribution in [0.4, 0.5) is 5.95 Å². The first-order valence-corrected chi connectivity index (χ1v) is 12.2. The number of nitrogens with two attached hydrogens (primary N) is 1. The number of phosphoric acid groups is 2. The molecule has 5 unspecified atom stereocenters. The van der Waals surface area contributed by atoms with Crippen LogP contribution >= 0.6 is 15.6 Å². The minimum Gasteiger partial charge on any atom is -0.384 e. The summed E-state index contributed by atoms with van der Waals surface area (Å²) in [5.74, 6) is -0.168. The van der Waals surface area contributed by atoms with Gasteiger partial charge >= 0.3 is 21.3 Å². The van der Waals surface area contributed by atoms with E-state index in [1.165, 1.54) is 22.6 Å². The minimum atomic E-state index is -5.30. The zero-order chi connectivity index (χ0) is 24.4. The summed E-state index contributed by atoms with van der Waals surface area (Å²) in [6.45, 7) is 3.28. The van der Waals surface area contributed by atoms with Gasteiger partial charge < -0.3 is 35.0 Å². The molecule has 0 spiro atoms. The Bertz CT molecular complexity index is 1100. The molecular weight excluding hydrogens is 476 g/mol. The molecule has 0 amide bonds. The molecule has 2 aromatic heterocycles. The average Bonchev–Trinajstić information content (AvgIpc) is 3.16. The lowest BCUT2D eigenvalue weighted by atomic mass is 10.1. The van der Waals surface area contributed by atoms with Crippen LogP contribution in [0, 0.1) is 0 Å². The van der Waals surface area contributed by atoms with Crippen LogP contribution < -0.4 is 15.9 Å². The molecule has 16 nitrogen and oxygen atoms in total. The fraction of sp³-hybridized carbons (Fsp3) is 0.643. The maximum absolute atomic E-state index is 12.1. The molecule has 0 radical (unpaired) electrons. The van der Waals surface area contributed by atoms with Gasteiger partial charge in [0, 0.05) is 7.11 Å². The van der Waals surface area contributed by atoms with Gasteiger partial charge in [0.1, 0.15) is 18.3 Å². The number of ether oxygens (including phenoxy) is 2. The van der Waals surface area contributed by atoms with Crippen molar-refractivity contribution in [2.75, 3.05) is 19.5 Å². The predicted octanol–water partition coefficient (Wildman–Crippen LogP) is -1.34. The van der Waals surface area contributed by atoms with E-state index in [4.69, 9.17) is 25.0 Å². The lowest BCUT2D eigenvalue weighted by molar-refractivity contribution is -0.745. The van der Waals surface area contributed by atoms with Gasteiger partial charge in [-0.2, -0.15) is 4.31 Å². The van der Waals surface area contributed by atoms with E-state index in [2.05, 4.69) is 18.8 Å². The van der Waals surface area contributed by atoms with Gasteiger partial charge in [-0.3, -0.25) is 18.9 Å². The molecule has 18 heteroatoms. The molecule has 1 fully saturated rings. The Hall–Kier alpha value is -1.71. The second-order valence-electron chi connectivity index (χ2n) is 6.35. The Morgan fingerprint density at radius 3 is 2.53 bits per heavy atom. The highest BCUT2D eigenvalue weighted by Crippen LogP contribution is 2.57. The van der Waals surface area contributed by atoms with Gasteiger partial charge in [-0.1, -0.05) is 18.8 Å². The van der Waals surface area contributed by atoms with Gasteiger partial charge in [0.05, 0.1) is 13.7 Å². The van der Waals surface area contributed by atoms with Crippen molar-refractivity contribution in [2.24, 2.45) is 7.05 Å². The van der Waals surface area contributed by atoms with Gasteiger partial charge in [0.25, 0.3) is 11.5 Å². The number of aliphatic hydroxyl groups excluding tert-OH is 1. The molecule has 3 heterocycles. The van der Waals surface area contributed by atoms with E-state index < -0.39 is 52.4 Å². The van der Waals surface area contributed by atoms with Crippen LogP contribution in [0.3, 0.4) is 0 Å². The third-order valence-electron chi connectivity index (χ3n) is 4.26. The van der Waals surface area contributed by atoms with E-state index in [1.54, 1.807) is 7.05 Å². The van der Waals surface area contributed by atoms with Crippen molar-refractivity contribution in [3.63, 3.8) is 0 Å². The Labute approximate surface area is 181 Å². The Kier molecular flexibility index (Phi) is 8.34. The summed E-state index contributed by atoms with van der Waals surface area (Å²) >= 11 is 0. The van der Waals surface area contributed by atoms with E-state index in [0.717, 1.165) is 0 Å². The fourth-order valence-corrected chi connectivity index (χ4v) is 4.75. The first-order valence-electron chi connectivity index (χ1n) is 9.19. The number of fused-ring (bicyclic) bond motifs is 1. The van der Waals surface area contributed by atoms with Crippen molar-refractivity contribution in [2.45, 2.75) is 38.4 Å². The zero-order valence-corrected chi connectivity index (χ0v) is 19.3. The van der Waals surface area contributed by atoms with E-state index in [-0.39, 0.29) is 17.1 Å². The average molecular weight is 502 g/mol. The van der Waals surface area contributed by atoms with Crippen molar-refractivity contribution >= 4 is 32.8 Å². The molecular formula is C14H26N5O11P2+. The number of H-pyrrole nitrogens is 1. The summed E-state index contributed by atoms with van der Waals surface area (Å²) in [4.78, 5) is 45.3. The number of aryl methyl sites for hydroxylation is 1. The Morgan fingerprint density at radius 2 is 1.97 bits per heavy atom. The number of rotatable bonds is 7. The standard InChI is InChI=1S/C12H19N5O11P2.C2H6/c1-16-4-17(9-6(16)10(19)15-12(13)14-9)11-7(18)8(25-2)5(27-11)3-26-30(23,24)28-29(20,21)22;1-2/h4-5,7-8,11,18H,3H2,1-2H3,(H5-,13,14,15,19,20,21,22,23,24);1-2H3/p+1. The number of methoxy groups -OCH3 is 1. The SMILES string of the molecule is CC.COC1C(COP(=O)(O)OP(=O)(O)O)OC([n+]2cn(C)c3c(=O)[nH]c(N)nc32)C1O.